The summed E-state index contributed by atoms with van der Waals surface area (Å²) in [5, 5.41) is 19.4. The number of halogens is 1. The minimum atomic E-state index is -0.878. The predicted molar refractivity (Wildman–Crippen MR) is 71.1 cm³/mol. The van der Waals surface area contributed by atoms with Crippen LogP contribution in [-0.4, -0.2) is 29.6 Å². The predicted octanol–water partition coefficient (Wildman–Crippen LogP) is 2.58. The first-order valence-corrected chi connectivity index (χ1v) is 5.99. The Bertz CT molecular complexity index is 490. The highest BCUT2D eigenvalue weighted by molar-refractivity contribution is 9.10. The molecular weight excluding hydrogens is 304 g/mol. The molecule has 0 radical (unpaired) electrons. The molecule has 0 unspecified atom stereocenters. The van der Waals surface area contributed by atoms with Gasteiger partial charge in [-0.2, -0.15) is 0 Å². The van der Waals surface area contributed by atoms with Gasteiger partial charge >= 0.3 is 5.97 Å². The van der Waals surface area contributed by atoms with Crippen LogP contribution in [0.4, 0.5) is 11.4 Å². The summed E-state index contributed by atoms with van der Waals surface area (Å²) >= 11 is 3.26. The number of rotatable bonds is 5. The molecule has 0 saturated heterocycles. The van der Waals surface area contributed by atoms with Gasteiger partial charge in [-0.25, -0.2) is 0 Å². The van der Waals surface area contributed by atoms with Crippen molar-refractivity contribution in [3.63, 3.8) is 0 Å². The summed E-state index contributed by atoms with van der Waals surface area (Å²) < 4.78 is 0.577. The van der Waals surface area contributed by atoms with Crippen LogP contribution in [0, 0.1) is 17.0 Å². The maximum Gasteiger partial charge on any atom is 0.305 e. The molecule has 0 atom stereocenters. The Morgan fingerprint density at radius 2 is 2.17 bits per heavy atom. The van der Waals surface area contributed by atoms with E-state index < -0.39 is 10.9 Å². The second-order valence-corrected chi connectivity index (χ2v) is 4.77. The van der Waals surface area contributed by atoms with Crippen molar-refractivity contribution in [1.29, 1.82) is 0 Å². The summed E-state index contributed by atoms with van der Waals surface area (Å²) in [6.07, 6.45) is 0.0129. The average Bonchev–Trinajstić information content (AvgIpc) is 2.28. The van der Waals surface area contributed by atoms with Crippen LogP contribution in [0.1, 0.15) is 12.0 Å². The lowest BCUT2D eigenvalue weighted by Gasteiger charge is -2.20. The largest absolute Gasteiger partial charge is 0.481 e. The molecule has 18 heavy (non-hydrogen) atoms. The standard InChI is InChI=1S/C11H13BrN2O4/c1-7-5-10(13(2)4-3-11(15)16)8(12)6-9(7)14(17)18/h5-6H,3-4H2,1-2H3,(H,15,16). The van der Waals surface area contributed by atoms with Gasteiger partial charge in [-0.05, 0) is 28.9 Å². The Morgan fingerprint density at radius 1 is 1.56 bits per heavy atom. The summed E-state index contributed by atoms with van der Waals surface area (Å²) in [7, 11) is 1.74. The number of carboxylic acids is 1. The summed E-state index contributed by atoms with van der Waals surface area (Å²) in [4.78, 5) is 22.6. The first kappa shape index (κ1) is 14.4. The average molecular weight is 317 g/mol. The zero-order chi connectivity index (χ0) is 13.9. The van der Waals surface area contributed by atoms with Crippen molar-refractivity contribution in [2.24, 2.45) is 0 Å². The van der Waals surface area contributed by atoms with E-state index in [0.717, 1.165) is 5.69 Å². The molecule has 0 heterocycles. The van der Waals surface area contributed by atoms with Gasteiger partial charge in [-0.15, -0.1) is 0 Å². The number of aryl methyl sites for hydroxylation is 1. The maximum absolute atomic E-state index is 10.8. The Morgan fingerprint density at radius 3 is 2.67 bits per heavy atom. The number of nitro groups is 1. The lowest BCUT2D eigenvalue weighted by molar-refractivity contribution is -0.385. The Hall–Kier alpha value is -1.63. The molecule has 98 valence electrons. The molecule has 0 aromatic heterocycles. The summed E-state index contributed by atoms with van der Waals surface area (Å²) in [6.45, 7) is 1.99. The van der Waals surface area contributed by atoms with Crippen LogP contribution in [0.5, 0.6) is 0 Å². The summed E-state index contributed by atoms with van der Waals surface area (Å²) in [5.41, 5.74) is 1.32. The number of carbonyl (C=O) groups is 1. The third-order valence-corrected chi connectivity index (χ3v) is 3.17. The molecule has 0 saturated carbocycles. The number of nitrogens with zero attached hydrogens (tertiary/aromatic N) is 2. The normalized spacial score (nSPS) is 10.2. The highest BCUT2D eigenvalue weighted by Crippen LogP contribution is 2.32. The molecular formula is C11H13BrN2O4. The molecule has 0 spiro atoms. The van der Waals surface area contributed by atoms with E-state index in [1.54, 1.807) is 24.9 Å². The van der Waals surface area contributed by atoms with Crippen molar-refractivity contribution >= 4 is 33.3 Å². The molecule has 7 heteroatoms. The third kappa shape index (κ3) is 3.43. The summed E-state index contributed by atoms with van der Waals surface area (Å²) in [5.74, 6) is -0.878. The van der Waals surface area contributed by atoms with Gasteiger partial charge in [-0.1, -0.05) is 0 Å². The summed E-state index contributed by atoms with van der Waals surface area (Å²) in [6, 6.07) is 3.10. The number of hydrogen-bond donors (Lipinski definition) is 1. The van der Waals surface area contributed by atoms with Crippen molar-refractivity contribution in [2.45, 2.75) is 13.3 Å². The molecule has 1 aromatic rings. The minimum absolute atomic E-state index is 0.0129. The SMILES string of the molecule is Cc1cc(N(C)CCC(=O)O)c(Br)cc1[N+](=O)[O-]. The molecule has 0 bridgehead atoms. The second kappa shape index (κ2) is 5.81. The Kier molecular flexibility index (Phi) is 4.66. The molecule has 6 nitrogen and oxygen atoms in total. The van der Waals surface area contributed by atoms with Gasteiger partial charge in [-0.3, -0.25) is 14.9 Å². The van der Waals surface area contributed by atoms with Crippen LogP contribution in [0.2, 0.25) is 0 Å². The molecule has 0 fully saturated rings. The van der Waals surface area contributed by atoms with E-state index in [1.165, 1.54) is 6.07 Å². The van der Waals surface area contributed by atoms with Gasteiger partial charge in [0.2, 0.25) is 0 Å². The van der Waals surface area contributed by atoms with Gasteiger partial charge < -0.3 is 10.0 Å². The number of anilines is 1. The van der Waals surface area contributed by atoms with Gasteiger partial charge in [0, 0.05) is 29.7 Å². The van der Waals surface area contributed by atoms with E-state index in [9.17, 15) is 14.9 Å². The number of nitro benzene ring substituents is 1. The molecule has 0 aliphatic carbocycles. The van der Waals surface area contributed by atoms with Crippen LogP contribution in [0.15, 0.2) is 16.6 Å². The van der Waals surface area contributed by atoms with Gasteiger partial charge in [0.25, 0.3) is 5.69 Å². The van der Waals surface area contributed by atoms with Gasteiger partial charge in [0.15, 0.2) is 0 Å². The third-order valence-electron chi connectivity index (χ3n) is 2.53. The van der Waals surface area contributed by atoms with Crippen molar-refractivity contribution in [3.05, 3.63) is 32.3 Å². The van der Waals surface area contributed by atoms with E-state index in [4.69, 9.17) is 5.11 Å². The number of benzene rings is 1. The topological polar surface area (TPSA) is 83.7 Å². The maximum atomic E-state index is 10.8. The second-order valence-electron chi connectivity index (χ2n) is 3.91. The molecule has 1 N–H and O–H groups in total. The van der Waals surface area contributed by atoms with E-state index >= 15 is 0 Å². The molecule has 0 amide bonds. The zero-order valence-electron chi connectivity index (χ0n) is 10.0. The highest BCUT2D eigenvalue weighted by Gasteiger charge is 2.16. The van der Waals surface area contributed by atoms with E-state index in [-0.39, 0.29) is 12.1 Å². The van der Waals surface area contributed by atoms with E-state index in [0.29, 0.717) is 16.6 Å². The smallest absolute Gasteiger partial charge is 0.305 e. The highest BCUT2D eigenvalue weighted by atomic mass is 79.9. The fourth-order valence-electron chi connectivity index (χ4n) is 1.53. The number of carboxylic acid groups (broad SMARTS) is 1. The Labute approximate surface area is 112 Å². The van der Waals surface area contributed by atoms with E-state index in [2.05, 4.69) is 15.9 Å². The number of aliphatic carboxylic acids is 1. The first-order valence-electron chi connectivity index (χ1n) is 5.20. The lowest BCUT2D eigenvalue weighted by atomic mass is 10.1. The van der Waals surface area contributed by atoms with Crippen LogP contribution < -0.4 is 4.90 Å². The zero-order valence-corrected chi connectivity index (χ0v) is 11.6. The van der Waals surface area contributed by atoms with Crippen LogP contribution in [-0.2, 0) is 4.79 Å². The van der Waals surface area contributed by atoms with Crippen molar-refractivity contribution < 1.29 is 14.8 Å². The lowest BCUT2D eigenvalue weighted by Crippen LogP contribution is -2.21. The first-order chi connectivity index (χ1) is 8.32. The fraction of sp³-hybridized carbons (Fsp3) is 0.364. The molecule has 1 aromatic carbocycles. The minimum Gasteiger partial charge on any atom is -0.481 e. The van der Waals surface area contributed by atoms with Crippen LogP contribution in [0.3, 0.4) is 0 Å². The monoisotopic (exact) mass is 316 g/mol. The number of hydrogen-bond acceptors (Lipinski definition) is 4. The van der Waals surface area contributed by atoms with Crippen LogP contribution in [0.25, 0.3) is 0 Å². The fourth-order valence-corrected chi connectivity index (χ4v) is 2.16. The molecule has 0 aliphatic heterocycles. The van der Waals surface area contributed by atoms with Gasteiger partial charge in [0.1, 0.15) is 0 Å². The molecule has 1 rings (SSSR count). The van der Waals surface area contributed by atoms with Crippen molar-refractivity contribution in [2.75, 3.05) is 18.5 Å². The van der Waals surface area contributed by atoms with Crippen molar-refractivity contribution in [1.82, 2.24) is 0 Å². The quantitative estimate of drug-likeness (QED) is 0.666. The van der Waals surface area contributed by atoms with E-state index in [1.807, 2.05) is 0 Å². The Balaban J connectivity index is 3.00. The van der Waals surface area contributed by atoms with Crippen LogP contribution >= 0.6 is 15.9 Å². The van der Waals surface area contributed by atoms with Crippen molar-refractivity contribution in [3.8, 4) is 0 Å². The molecule has 0 aliphatic rings. The van der Waals surface area contributed by atoms with Gasteiger partial charge in [0.05, 0.1) is 17.0 Å².